The summed E-state index contributed by atoms with van der Waals surface area (Å²) in [5.74, 6) is 0.126. The first-order valence-corrected chi connectivity index (χ1v) is 11.1. The molecule has 2 N–H and O–H groups in total. The summed E-state index contributed by atoms with van der Waals surface area (Å²) in [7, 11) is 0. The smallest absolute Gasteiger partial charge is 0.262 e. The lowest BCUT2D eigenvalue weighted by molar-refractivity contribution is -0.118. The Morgan fingerprint density at radius 3 is 1.94 bits per heavy atom. The third-order valence-corrected chi connectivity index (χ3v) is 5.37. The molecule has 2 amide bonds. The Balaban J connectivity index is 1.56. The minimum Gasteiger partial charge on any atom is -0.484 e. The monoisotopic (exact) mass is 430 g/mol. The Kier molecular flexibility index (Phi) is 8.03. The fourth-order valence-electron chi connectivity index (χ4n) is 3.46. The second-order valence-electron chi connectivity index (χ2n) is 7.52. The maximum atomic E-state index is 12.8. The molecule has 0 unspecified atom stereocenters. The molecule has 5 nitrogen and oxygen atoms in total. The van der Waals surface area contributed by atoms with Crippen LogP contribution >= 0.6 is 0 Å². The highest BCUT2D eigenvalue weighted by Gasteiger charge is 2.12. The summed E-state index contributed by atoms with van der Waals surface area (Å²) in [4.78, 5) is 24.9. The zero-order chi connectivity index (χ0) is 22.9. The summed E-state index contributed by atoms with van der Waals surface area (Å²) in [6.07, 6.45) is 2.65. The van der Waals surface area contributed by atoms with E-state index >= 15 is 0 Å². The predicted molar refractivity (Wildman–Crippen MR) is 130 cm³/mol. The van der Waals surface area contributed by atoms with E-state index in [4.69, 9.17) is 4.74 Å². The lowest BCUT2D eigenvalue weighted by Gasteiger charge is -2.14. The van der Waals surface area contributed by atoms with Gasteiger partial charge in [-0.25, -0.2) is 0 Å². The number of amides is 2. The van der Waals surface area contributed by atoms with E-state index in [0.717, 1.165) is 41.8 Å². The number of hydrogen-bond acceptors (Lipinski definition) is 3. The van der Waals surface area contributed by atoms with E-state index in [9.17, 15) is 9.59 Å². The molecule has 3 rings (SSSR count). The Bertz CT molecular complexity index is 1040. The highest BCUT2D eigenvalue weighted by Crippen LogP contribution is 2.24. The molecule has 0 atom stereocenters. The average Bonchev–Trinajstić information content (AvgIpc) is 2.83. The molecular formula is C27H30N2O3. The van der Waals surface area contributed by atoms with Crippen LogP contribution < -0.4 is 15.4 Å². The molecule has 0 saturated heterocycles. The first-order chi connectivity index (χ1) is 15.5. The second-order valence-corrected chi connectivity index (χ2v) is 7.52. The van der Waals surface area contributed by atoms with Crippen LogP contribution in [-0.4, -0.2) is 18.4 Å². The van der Waals surface area contributed by atoms with Crippen molar-refractivity contribution in [2.75, 3.05) is 17.2 Å². The Morgan fingerprint density at radius 1 is 0.750 bits per heavy atom. The Hall–Kier alpha value is -3.60. The van der Waals surface area contributed by atoms with Crippen molar-refractivity contribution in [2.24, 2.45) is 0 Å². The maximum Gasteiger partial charge on any atom is 0.262 e. The van der Waals surface area contributed by atoms with Crippen molar-refractivity contribution in [3.8, 4) is 5.75 Å². The molecule has 0 aliphatic rings. The quantitative estimate of drug-likeness (QED) is 0.461. The number of para-hydroxylation sites is 1. The number of carbonyl (C=O) groups is 2. The van der Waals surface area contributed by atoms with Crippen LogP contribution in [-0.2, 0) is 24.1 Å². The van der Waals surface area contributed by atoms with Crippen LogP contribution in [0.2, 0.25) is 0 Å². The number of aryl methyl sites for hydroxylation is 3. The molecule has 0 aliphatic carbocycles. The fourth-order valence-corrected chi connectivity index (χ4v) is 3.46. The molecule has 0 bridgehead atoms. The second kappa shape index (κ2) is 11.1. The van der Waals surface area contributed by atoms with Crippen molar-refractivity contribution in [1.82, 2.24) is 0 Å². The third kappa shape index (κ3) is 5.97. The van der Waals surface area contributed by atoms with Gasteiger partial charge in [0.25, 0.3) is 11.8 Å². The average molecular weight is 431 g/mol. The van der Waals surface area contributed by atoms with Gasteiger partial charge in [0.1, 0.15) is 5.75 Å². The maximum absolute atomic E-state index is 12.8. The summed E-state index contributed by atoms with van der Waals surface area (Å²) >= 11 is 0. The van der Waals surface area contributed by atoms with Crippen LogP contribution in [0.4, 0.5) is 11.4 Å². The molecule has 5 heteroatoms. The molecule has 0 aliphatic heterocycles. The Labute approximate surface area is 189 Å². The summed E-state index contributed by atoms with van der Waals surface area (Å²) in [6.45, 7) is 6.13. The fraction of sp³-hybridized carbons (Fsp3) is 0.259. The van der Waals surface area contributed by atoms with Crippen LogP contribution in [0.5, 0.6) is 5.75 Å². The zero-order valence-electron chi connectivity index (χ0n) is 18.9. The molecular weight excluding hydrogens is 400 g/mol. The molecule has 0 fully saturated rings. The summed E-state index contributed by atoms with van der Waals surface area (Å²) in [5, 5.41) is 5.87. The normalized spacial score (nSPS) is 10.5. The lowest BCUT2D eigenvalue weighted by atomic mass is 10.0. The minimum atomic E-state index is -0.237. The van der Waals surface area contributed by atoms with Crippen LogP contribution in [0.1, 0.15) is 47.8 Å². The van der Waals surface area contributed by atoms with E-state index in [2.05, 4.69) is 31.4 Å². The van der Waals surface area contributed by atoms with Gasteiger partial charge in [0.2, 0.25) is 0 Å². The van der Waals surface area contributed by atoms with E-state index < -0.39 is 0 Å². The van der Waals surface area contributed by atoms with Crippen molar-refractivity contribution in [3.05, 3.63) is 89.0 Å². The van der Waals surface area contributed by atoms with Gasteiger partial charge in [-0.2, -0.15) is 0 Å². The molecule has 3 aromatic rings. The minimum absolute atomic E-state index is 0.106. The van der Waals surface area contributed by atoms with Crippen molar-refractivity contribution in [2.45, 2.75) is 40.0 Å². The highest BCUT2D eigenvalue weighted by molar-refractivity contribution is 6.05. The van der Waals surface area contributed by atoms with Gasteiger partial charge in [-0.1, -0.05) is 51.1 Å². The molecule has 0 heterocycles. The van der Waals surface area contributed by atoms with Crippen LogP contribution in [0, 0.1) is 0 Å². The highest BCUT2D eigenvalue weighted by atomic mass is 16.5. The largest absolute Gasteiger partial charge is 0.484 e. The number of ether oxygens (including phenoxy) is 1. The van der Waals surface area contributed by atoms with Crippen molar-refractivity contribution < 1.29 is 14.3 Å². The van der Waals surface area contributed by atoms with Crippen molar-refractivity contribution >= 4 is 23.2 Å². The predicted octanol–water partition coefficient (Wildman–Crippen LogP) is 5.64. The van der Waals surface area contributed by atoms with Gasteiger partial charge in [-0.05, 0) is 72.4 Å². The SMILES string of the molecule is CCc1ccc(NC(=O)COc2ccc(C(=O)Nc3c(CC)cccc3CC)cc2)cc1. The number of anilines is 2. The van der Waals surface area contributed by atoms with Gasteiger partial charge in [0.15, 0.2) is 6.61 Å². The topological polar surface area (TPSA) is 67.4 Å². The summed E-state index contributed by atoms with van der Waals surface area (Å²) in [6, 6.07) is 20.6. The van der Waals surface area contributed by atoms with E-state index in [1.807, 2.05) is 42.5 Å². The molecule has 0 saturated carbocycles. The van der Waals surface area contributed by atoms with Crippen molar-refractivity contribution in [3.63, 3.8) is 0 Å². The van der Waals surface area contributed by atoms with Gasteiger partial charge >= 0.3 is 0 Å². The number of nitrogens with one attached hydrogen (secondary N) is 2. The number of carbonyl (C=O) groups excluding carboxylic acids is 2. The van der Waals surface area contributed by atoms with Gasteiger partial charge in [-0.3, -0.25) is 9.59 Å². The number of benzene rings is 3. The molecule has 32 heavy (non-hydrogen) atoms. The van der Waals surface area contributed by atoms with Gasteiger partial charge in [0.05, 0.1) is 0 Å². The third-order valence-electron chi connectivity index (χ3n) is 5.37. The first-order valence-electron chi connectivity index (χ1n) is 11.1. The Morgan fingerprint density at radius 2 is 1.38 bits per heavy atom. The molecule has 3 aromatic carbocycles. The molecule has 166 valence electrons. The molecule has 0 spiro atoms. The van der Waals surface area contributed by atoms with Crippen LogP contribution in [0.3, 0.4) is 0 Å². The van der Waals surface area contributed by atoms with Crippen LogP contribution in [0.25, 0.3) is 0 Å². The summed E-state index contributed by atoms with van der Waals surface area (Å²) in [5.41, 5.74) is 5.62. The van der Waals surface area contributed by atoms with Gasteiger partial charge < -0.3 is 15.4 Å². The van der Waals surface area contributed by atoms with E-state index in [1.165, 1.54) is 5.56 Å². The van der Waals surface area contributed by atoms with Crippen molar-refractivity contribution in [1.29, 1.82) is 0 Å². The molecule has 0 aromatic heterocycles. The lowest BCUT2D eigenvalue weighted by Crippen LogP contribution is -2.20. The van der Waals surface area contributed by atoms with Gasteiger partial charge in [-0.15, -0.1) is 0 Å². The zero-order valence-corrected chi connectivity index (χ0v) is 18.9. The number of rotatable bonds is 9. The number of hydrogen-bond donors (Lipinski definition) is 2. The van der Waals surface area contributed by atoms with E-state index in [-0.39, 0.29) is 18.4 Å². The molecule has 0 radical (unpaired) electrons. The van der Waals surface area contributed by atoms with E-state index in [1.54, 1.807) is 24.3 Å². The van der Waals surface area contributed by atoms with Gasteiger partial charge in [0, 0.05) is 16.9 Å². The standard InChI is InChI=1S/C27H30N2O3/c1-4-19-10-14-23(15-11-19)28-25(30)18-32-24-16-12-22(13-17-24)27(31)29-26-20(5-2)8-7-9-21(26)6-3/h7-17H,4-6,18H2,1-3H3,(H,28,30)(H,29,31). The van der Waals surface area contributed by atoms with E-state index in [0.29, 0.717) is 11.3 Å². The summed E-state index contributed by atoms with van der Waals surface area (Å²) < 4.78 is 5.57. The van der Waals surface area contributed by atoms with Crippen LogP contribution in [0.15, 0.2) is 66.7 Å². The first kappa shape index (κ1) is 23.1.